The van der Waals surface area contributed by atoms with Gasteiger partial charge in [0.2, 0.25) is 0 Å². The molecule has 0 aromatic heterocycles. The Kier molecular flexibility index (Phi) is 6.80. The molecular formula is C17H19NO3S2. The van der Waals surface area contributed by atoms with Crippen LogP contribution >= 0.6 is 24.0 Å². The fourth-order valence-electron chi connectivity index (χ4n) is 2.00. The van der Waals surface area contributed by atoms with E-state index in [1.807, 2.05) is 43.3 Å². The van der Waals surface area contributed by atoms with Gasteiger partial charge in [-0.05, 0) is 18.1 Å². The van der Waals surface area contributed by atoms with Crippen LogP contribution in [0.3, 0.4) is 0 Å². The molecule has 1 aliphatic heterocycles. The van der Waals surface area contributed by atoms with Gasteiger partial charge < -0.3 is 4.74 Å². The van der Waals surface area contributed by atoms with E-state index >= 15 is 0 Å². The first-order valence-electron chi connectivity index (χ1n) is 7.58. The molecule has 1 amide bonds. The van der Waals surface area contributed by atoms with Gasteiger partial charge in [0, 0.05) is 6.54 Å². The summed E-state index contributed by atoms with van der Waals surface area (Å²) in [5, 5.41) is 0. The molecule has 0 aliphatic carbocycles. The molecular weight excluding hydrogens is 330 g/mol. The lowest BCUT2D eigenvalue weighted by Gasteiger charge is -2.13. The minimum absolute atomic E-state index is 0.148. The number of carbonyl (C=O) groups is 2. The lowest BCUT2D eigenvalue weighted by atomic mass is 10.2. The van der Waals surface area contributed by atoms with Crippen molar-refractivity contribution in [2.24, 2.45) is 0 Å². The average molecular weight is 349 g/mol. The van der Waals surface area contributed by atoms with Gasteiger partial charge in [-0.3, -0.25) is 14.5 Å². The van der Waals surface area contributed by atoms with Crippen LogP contribution in [0.2, 0.25) is 0 Å². The standard InChI is InChI=1S/C17H19NO3S2/c1-2-3-11-21-15(19)9-10-18-16(20)14(23-17(18)22)12-13-7-5-4-6-8-13/h4-8,12H,2-3,9-11H2,1H3. The van der Waals surface area contributed by atoms with Crippen molar-refractivity contribution >= 4 is 46.3 Å². The van der Waals surface area contributed by atoms with Crippen molar-refractivity contribution in [1.82, 2.24) is 4.90 Å². The fraction of sp³-hybridized carbons (Fsp3) is 0.353. The lowest BCUT2D eigenvalue weighted by molar-refractivity contribution is -0.144. The van der Waals surface area contributed by atoms with E-state index in [0.717, 1.165) is 18.4 Å². The Morgan fingerprint density at radius 3 is 2.78 bits per heavy atom. The van der Waals surface area contributed by atoms with Gasteiger partial charge in [0.25, 0.3) is 5.91 Å². The van der Waals surface area contributed by atoms with Crippen LogP contribution in [0.15, 0.2) is 35.2 Å². The van der Waals surface area contributed by atoms with E-state index in [-0.39, 0.29) is 24.8 Å². The third-order valence-electron chi connectivity index (χ3n) is 3.27. The van der Waals surface area contributed by atoms with Crippen LogP contribution in [0.5, 0.6) is 0 Å². The van der Waals surface area contributed by atoms with Crippen LogP contribution < -0.4 is 0 Å². The molecule has 0 unspecified atom stereocenters. The number of amides is 1. The van der Waals surface area contributed by atoms with Crippen LogP contribution in [0.1, 0.15) is 31.7 Å². The summed E-state index contributed by atoms with van der Waals surface area (Å²) in [5.41, 5.74) is 0.951. The zero-order valence-electron chi connectivity index (χ0n) is 13.0. The molecule has 1 aliphatic rings. The summed E-state index contributed by atoms with van der Waals surface area (Å²) in [7, 11) is 0. The SMILES string of the molecule is CCCCOC(=O)CCN1C(=O)C(=Cc2ccccc2)SC1=S. The highest BCUT2D eigenvalue weighted by molar-refractivity contribution is 8.26. The summed E-state index contributed by atoms with van der Waals surface area (Å²) >= 11 is 6.51. The molecule has 0 spiro atoms. The molecule has 1 aromatic rings. The molecule has 0 radical (unpaired) electrons. The maximum absolute atomic E-state index is 12.4. The number of nitrogens with zero attached hydrogens (tertiary/aromatic N) is 1. The first-order chi connectivity index (χ1) is 11.1. The number of thiocarbonyl (C=S) groups is 1. The number of unbranched alkanes of at least 4 members (excludes halogenated alkanes) is 1. The molecule has 1 aromatic carbocycles. The van der Waals surface area contributed by atoms with Gasteiger partial charge in [0.05, 0.1) is 17.9 Å². The lowest BCUT2D eigenvalue weighted by Crippen LogP contribution is -2.30. The zero-order chi connectivity index (χ0) is 16.7. The third-order valence-corrected chi connectivity index (χ3v) is 4.65. The van der Waals surface area contributed by atoms with Gasteiger partial charge in [0.15, 0.2) is 0 Å². The number of hydrogen-bond acceptors (Lipinski definition) is 5. The van der Waals surface area contributed by atoms with Gasteiger partial charge in [-0.15, -0.1) is 0 Å². The van der Waals surface area contributed by atoms with Gasteiger partial charge >= 0.3 is 5.97 Å². The molecule has 0 N–H and O–H groups in total. The molecule has 122 valence electrons. The van der Waals surface area contributed by atoms with Crippen molar-refractivity contribution in [3.05, 3.63) is 40.8 Å². The van der Waals surface area contributed by atoms with Gasteiger partial charge in [0.1, 0.15) is 4.32 Å². The Balaban J connectivity index is 1.91. The van der Waals surface area contributed by atoms with Crippen LogP contribution in [0.4, 0.5) is 0 Å². The largest absolute Gasteiger partial charge is 0.466 e. The Labute approximate surface area is 145 Å². The summed E-state index contributed by atoms with van der Waals surface area (Å²) in [5.74, 6) is -0.440. The molecule has 2 rings (SSSR count). The van der Waals surface area contributed by atoms with Crippen LogP contribution in [0.25, 0.3) is 6.08 Å². The predicted molar refractivity (Wildman–Crippen MR) is 96.8 cm³/mol. The first-order valence-corrected chi connectivity index (χ1v) is 8.80. The van der Waals surface area contributed by atoms with Crippen molar-refractivity contribution in [3.8, 4) is 0 Å². The second-order valence-electron chi connectivity index (χ2n) is 5.07. The molecule has 0 saturated carbocycles. The van der Waals surface area contributed by atoms with E-state index in [1.165, 1.54) is 16.7 Å². The summed E-state index contributed by atoms with van der Waals surface area (Å²) in [4.78, 5) is 26.1. The second-order valence-corrected chi connectivity index (χ2v) is 6.74. The number of esters is 1. The summed E-state index contributed by atoms with van der Waals surface area (Å²) in [6.07, 6.45) is 3.81. The van der Waals surface area contributed by atoms with Crippen LogP contribution in [-0.2, 0) is 14.3 Å². The third kappa shape index (κ3) is 5.18. The highest BCUT2D eigenvalue weighted by Gasteiger charge is 2.32. The molecule has 4 nitrogen and oxygen atoms in total. The molecule has 1 heterocycles. The van der Waals surface area contributed by atoms with Gasteiger partial charge in [-0.25, -0.2) is 0 Å². The molecule has 6 heteroatoms. The highest BCUT2D eigenvalue weighted by atomic mass is 32.2. The van der Waals surface area contributed by atoms with Crippen molar-refractivity contribution in [2.75, 3.05) is 13.2 Å². The van der Waals surface area contributed by atoms with Crippen molar-refractivity contribution < 1.29 is 14.3 Å². The number of rotatable bonds is 7. The quantitative estimate of drug-likeness (QED) is 0.326. The van der Waals surface area contributed by atoms with E-state index in [1.54, 1.807) is 0 Å². The maximum atomic E-state index is 12.4. The number of carbonyl (C=O) groups excluding carboxylic acids is 2. The van der Waals surface area contributed by atoms with Crippen LogP contribution in [-0.4, -0.2) is 34.2 Å². The van der Waals surface area contributed by atoms with E-state index in [4.69, 9.17) is 17.0 Å². The Bertz CT molecular complexity index is 614. The minimum Gasteiger partial charge on any atom is -0.466 e. The van der Waals surface area contributed by atoms with E-state index in [9.17, 15) is 9.59 Å². The Hall–Kier alpha value is -1.66. The predicted octanol–water partition coefficient (Wildman–Crippen LogP) is 3.62. The Morgan fingerprint density at radius 1 is 1.35 bits per heavy atom. The summed E-state index contributed by atoms with van der Waals surface area (Å²) < 4.78 is 5.58. The average Bonchev–Trinajstić information content (AvgIpc) is 2.80. The number of hydrogen-bond donors (Lipinski definition) is 0. The van der Waals surface area contributed by atoms with Gasteiger partial charge in [-0.2, -0.15) is 0 Å². The van der Waals surface area contributed by atoms with Gasteiger partial charge in [-0.1, -0.05) is 67.7 Å². The van der Waals surface area contributed by atoms with Crippen molar-refractivity contribution in [3.63, 3.8) is 0 Å². The van der Waals surface area contributed by atoms with E-state index in [2.05, 4.69) is 0 Å². The minimum atomic E-state index is -0.292. The van der Waals surface area contributed by atoms with E-state index in [0.29, 0.717) is 15.8 Å². The summed E-state index contributed by atoms with van der Waals surface area (Å²) in [6, 6.07) is 9.61. The van der Waals surface area contributed by atoms with Crippen LogP contribution in [0, 0.1) is 0 Å². The van der Waals surface area contributed by atoms with Crippen molar-refractivity contribution in [1.29, 1.82) is 0 Å². The molecule has 0 bridgehead atoms. The van der Waals surface area contributed by atoms with Crippen molar-refractivity contribution in [2.45, 2.75) is 26.2 Å². The fourth-order valence-corrected chi connectivity index (χ4v) is 3.31. The molecule has 1 fully saturated rings. The molecule has 0 atom stereocenters. The molecule has 23 heavy (non-hydrogen) atoms. The Morgan fingerprint density at radius 2 is 2.09 bits per heavy atom. The highest BCUT2D eigenvalue weighted by Crippen LogP contribution is 2.32. The zero-order valence-corrected chi connectivity index (χ0v) is 14.6. The number of thioether (sulfide) groups is 1. The number of ether oxygens (including phenoxy) is 1. The normalized spacial score (nSPS) is 16.2. The smallest absolute Gasteiger partial charge is 0.307 e. The topological polar surface area (TPSA) is 46.6 Å². The number of benzene rings is 1. The maximum Gasteiger partial charge on any atom is 0.307 e. The monoisotopic (exact) mass is 349 g/mol. The first kappa shape index (κ1) is 17.7. The second kappa shape index (κ2) is 8.84. The summed E-state index contributed by atoms with van der Waals surface area (Å²) in [6.45, 7) is 2.73. The van der Waals surface area contributed by atoms with E-state index < -0.39 is 0 Å². The molecule has 1 saturated heterocycles.